The number of hydrogen-bond donors (Lipinski definition) is 0. The van der Waals surface area contributed by atoms with Gasteiger partial charge in [0.15, 0.2) is 11.5 Å². The normalized spacial score (nSPS) is 10.8. The molecular formula is C22H17BrN2O2. The molecule has 0 N–H and O–H groups in total. The third kappa shape index (κ3) is 3.38. The van der Waals surface area contributed by atoms with Crippen LogP contribution in [0.4, 0.5) is 0 Å². The van der Waals surface area contributed by atoms with E-state index >= 15 is 0 Å². The highest BCUT2D eigenvalue weighted by Gasteiger charge is 2.10. The largest absolute Gasteiger partial charge is 0.493 e. The third-order valence-electron chi connectivity index (χ3n) is 4.47. The Morgan fingerprint density at radius 2 is 1.37 bits per heavy atom. The first-order valence-corrected chi connectivity index (χ1v) is 9.22. The summed E-state index contributed by atoms with van der Waals surface area (Å²) in [7, 11) is 3.27. The molecule has 5 heteroatoms. The molecule has 134 valence electrons. The van der Waals surface area contributed by atoms with E-state index in [0.29, 0.717) is 11.5 Å². The highest BCUT2D eigenvalue weighted by atomic mass is 79.9. The van der Waals surface area contributed by atoms with Crippen molar-refractivity contribution < 1.29 is 9.47 Å². The van der Waals surface area contributed by atoms with Crippen LogP contribution in [0.2, 0.25) is 0 Å². The number of rotatable bonds is 4. The Morgan fingerprint density at radius 3 is 2.11 bits per heavy atom. The van der Waals surface area contributed by atoms with Gasteiger partial charge in [-0.05, 0) is 47.5 Å². The van der Waals surface area contributed by atoms with Gasteiger partial charge in [-0.1, -0.05) is 40.2 Å². The molecule has 0 unspecified atom stereocenters. The second-order valence-electron chi connectivity index (χ2n) is 6.03. The number of nitrogens with zero attached hydrogens (tertiary/aromatic N) is 2. The van der Waals surface area contributed by atoms with E-state index in [1.54, 1.807) is 20.5 Å². The zero-order valence-corrected chi connectivity index (χ0v) is 16.5. The number of halogens is 1. The minimum Gasteiger partial charge on any atom is -0.493 e. The lowest BCUT2D eigenvalue weighted by molar-refractivity contribution is 0.355. The van der Waals surface area contributed by atoms with Crippen LogP contribution >= 0.6 is 15.9 Å². The van der Waals surface area contributed by atoms with Crippen molar-refractivity contribution in [2.24, 2.45) is 0 Å². The van der Waals surface area contributed by atoms with Crippen molar-refractivity contribution in [2.45, 2.75) is 0 Å². The quantitative estimate of drug-likeness (QED) is 0.421. The molecule has 0 saturated heterocycles. The van der Waals surface area contributed by atoms with Gasteiger partial charge in [0, 0.05) is 15.4 Å². The molecular weight excluding hydrogens is 404 g/mol. The van der Waals surface area contributed by atoms with Gasteiger partial charge in [0.05, 0.1) is 25.4 Å². The molecule has 4 aromatic rings. The third-order valence-corrected chi connectivity index (χ3v) is 5.00. The van der Waals surface area contributed by atoms with E-state index in [-0.39, 0.29) is 0 Å². The maximum atomic E-state index is 5.44. The number of benzene rings is 3. The molecule has 0 bridgehead atoms. The van der Waals surface area contributed by atoms with Crippen LogP contribution < -0.4 is 9.47 Å². The number of fused-ring (bicyclic) bond motifs is 1. The van der Waals surface area contributed by atoms with Crippen molar-refractivity contribution in [3.05, 3.63) is 71.5 Å². The molecule has 1 heterocycles. The standard InChI is InChI=1S/C22H17BrN2O2/c1-26-20-10-6-16(12-21(20)27-2)15-5-9-19-18(11-15)22(25-13-24-19)14-3-7-17(23)8-4-14/h3-13H,1-2H3. The van der Waals surface area contributed by atoms with Gasteiger partial charge in [0.25, 0.3) is 0 Å². The Balaban J connectivity index is 1.87. The maximum Gasteiger partial charge on any atom is 0.161 e. The topological polar surface area (TPSA) is 44.2 Å². The first kappa shape index (κ1) is 17.5. The van der Waals surface area contributed by atoms with E-state index in [2.05, 4.69) is 50.2 Å². The molecule has 4 nitrogen and oxygen atoms in total. The minimum atomic E-state index is 0.701. The molecule has 0 fully saturated rings. The fourth-order valence-electron chi connectivity index (χ4n) is 3.09. The van der Waals surface area contributed by atoms with Crippen LogP contribution in [0.1, 0.15) is 0 Å². The molecule has 0 spiro atoms. The van der Waals surface area contributed by atoms with Gasteiger partial charge in [0.1, 0.15) is 6.33 Å². The Bertz CT molecular complexity index is 1110. The predicted octanol–water partition coefficient (Wildman–Crippen LogP) is 5.74. The van der Waals surface area contributed by atoms with Crippen LogP contribution in [-0.2, 0) is 0 Å². The molecule has 3 aromatic carbocycles. The first-order valence-electron chi connectivity index (χ1n) is 8.42. The van der Waals surface area contributed by atoms with Crippen molar-refractivity contribution in [1.82, 2.24) is 9.97 Å². The summed E-state index contributed by atoms with van der Waals surface area (Å²) >= 11 is 3.48. The Hall–Kier alpha value is -2.92. The summed E-state index contributed by atoms with van der Waals surface area (Å²) in [5.41, 5.74) is 4.98. The van der Waals surface area contributed by atoms with Crippen molar-refractivity contribution in [1.29, 1.82) is 0 Å². The van der Waals surface area contributed by atoms with Gasteiger partial charge in [-0.3, -0.25) is 0 Å². The summed E-state index contributed by atoms with van der Waals surface area (Å²) in [5.74, 6) is 1.41. The van der Waals surface area contributed by atoms with E-state index in [0.717, 1.165) is 37.8 Å². The van der Waals surface area contributed by atoms with Crippen LogP contribution in [-0.4, -0.2) is 24.2 Å². The highest BCUT2D eigenvalue weighted by Crippen LogP contribution is 2.34. The average Bonchev–Trinajstić information content (AvgIpc) is 2.73. The van der Waals surface area contributed by atoms with Crippen molar-refractivity contribution in [2.75, 3.05) is 14.2 Å². The molecule has 0 radical (unpaired) electrons. The summed E-state index contributed by atoms with van der Waals surface area (Å²) in [6.07, 6.45) is 1.61. The van der Waals surface area contributed by atoms with Crippen molar-refractivity contribution >= 4 is 26.8 Å². The minimum absolute atomic E-state index is 0.701. The number of aromatic nitrogens is 2. The molecule has 0 saturated carbocycles. The van der Waals surface area contributed by atoms with Crippen LogP contribution in [0.3, 0.4) is 0 Å². The number of hydrogen-bond acceptors (Lipinski definition) is 4. The molecule has 4 rings (SSSR count). The SMILES string of the molecule is COc1ccc(-c2ccc3ncnc(-c4ccc(Br)cc4)c3c2)cc1OC. The van der Waals surface area contributed by atoms with E-state index in [1.807, 2.05) is 36.4 Å². The van der Waals surface area contributed by atoms with Crippen LogP contribution in [0, 0.1) is 0 Å². The Morgan fingerprint density at radius 1 is 0.704 bits per heavy atom. The van der Waals surface area contributed by atoms with Gasteiger partial charge >= 0.3 is 0 Å². The van der Waals surface area contributed by atoms with Gasteiger partial charge in [-0.2, -0.15) is 0 Å². The second-order valence-corrected chi connectivity index (χ2v) is 6.95. The first-order chi connectivity index (χ1) is 13.2. The maximum absolute atomic E-state index is 5.44. The number of methoxy groups -OCH3 is 2. The summed E-state index contributed by atoms with van der Waals surface area (Å²) in [6, 6.07) is 20.2. The fraction of sp³-hybridized carbons (Fsp3) is 0.0909. The summed E-state index contributed by atoms with van der Waals surface area (Å²) < 4.78 is 11.8. The smallest absolute Gasteiger partial charge is 0.161 e. The number of ether oxygens (including phenoxy) is 2. The molecule has 0 amide bonds. The molecule has 0 aliphatic carbocycles. The summed E-state index contributed by atoms with van der Waals surface area (Å²) in [6.45, 7) is 0. The Kier molecular flexibility index (Phi) is 4.77. The summed E-state index contributed by atoms with van der Waals surface area (Å²) in [4.78, 5) is 8.95. The van der Waals surface area contributed by atoms with Gasteiger partial charge < -0.3 is 9.47 Å². The van der Waals surface area contributed by atoms with E-state index < -0.39 is 0 Å². The van der Waals surface area contributed by atoms with Gasteiger partial charge in [0.2, 0.25) is 0 Å². The zero-order chi connectivity index (χ0) is 18.8. The predicted molar refractivity (Wildman–Crippen MR) is 111 cm³/mol. The Labute approximate surface area is 165 Å². The van der Waals surface area contributed by atoms with Crippen molar-refractivity contribution in [3.8, 4) is 33.9 Å². The second kappa shape index (κ2) is 7.37. The van der Waals surface area contributed by atoms with Gasteiger partial charge in [-0.15, -0.1) is 0 Å². The highest BCUT2D eigenvalue weighted by molar-refractivity contribution is 9.10. The van der Waals surface area contributed by atoms with Gasteiger partial charge in [-0.25, -0.2) is 9.97 Å². The van der Waals surface area contributed by atoms with E-state index in [9.17, 15) is 0 Å². The fourth-order valence-corrected chi connectivity index (χ4v) is 3.35. The van der Waals surface area contributed by atoms with E-state index in [1.165, 1.54) is 0 Å². The molecule has 0 aliphatic rings. The monoisotopic (exact) mass is 420 g/mol. The lowest BCUT2D eigenvalue weighted by Gasteiger charge is -2.11. The zero-order valence-electron chi connectivity index (χ0n) is 14.9. The van der Waals surface area contributed by atoms with Crippen LogP contribution in [0.25, 0.3) is 33.3 Å². The van der Waals surface area contributed by atoms with Crippen LogP contribution in [0.5, 0.6) is 11.5 Å². The van der Waals surface area contributed by atoms with Crippen LogP contribution in [0.15, 0.2) is 71.5 Å². The summed E-state index contributed by atoms with van der Waals surface area (Å²) in [5, 5.41) is 1.01. The molecule has 1 aromatic heterocycles. The average molecular weight is 421 g/mol. The molecule has 0 aliphatic heterocycles. The molecule has 27 heavy (non-hydrogen) atoms. The van der Waals surface area contributed by atoms with E-state index in [4.69, 9.17) is 9.47 Å². The lowest BCUT2D eigenvalue weighted by Crippen LogP contribution is -1.92. The lowest BCUT2D eigenvalue weighted by atomic mass is 10.00. The van der Waals surface area contributed by atoms with Crippen molar-refractivity contribution in [3.63, 3.8) is 0 Å². The molecule has 0 atom stereocenters.